The van der Waals surface area contributed by atoms with E-state index in [0.717, 1.165) is 5.56 Å². The lowest BCUT2D eigenvalue weighted by molar-refractivity contribution is 0.415. The molecule has 0 N–H and O–H groups in total. The van der Waals surface area contributed by atoms with Crippen LogP contribution < -0.4 is 0 Å². The van der Waals surface area contributed by atoms with Crippen molar-refractivity contribution in [2.45, 2.75) is 6.42 Å². The van der Waals surface area contributed by atoms with Gasteiger partial charge < -0.3 is 0 Å². The van der Waals surface area contributed by atoms with Gasteiger partial charge in [0, 0.05) is 0 Å². The van der Waals surface area contributed by atoms with Crippen LogP contribution >= 0.6 is 0 Å². The second-order valence-corrected chi connectivity index (χ2v) is 2.67. The quantitative estimate of drug-likeness (QED) is 0.671. The lowest BCUT2D eigenvalue weighted by atomic mass is 10.0. The first kappa shape index (κ1) is 8.73. The summed E-state index contributed by atoms with van der Waals surface area (Å²) in [6, 6.07) is 11.4. The molecule has 0 aliphatic rings. The lowest BCUT2D eigenvalue weighted by Crippen LogP contribution is -2.03. The van der Waals surface area contributed by atoms with Gasteiger partial charge in [0.1, 0.15) is 6.67 Å². The van der Waals surface area contributed by atoms with E-state index in [-0.39, 0.29) is 0 Å². The van der Waals surface area contributed by atoms with Gasteiger partial charge in [-0.3, -0.25) is 0 Å². The summed E-state index contributed by atoms with van der Waals surface area (Å²) in [6.07, 6.45) is 0.508. The zero-order valence-corrected chi connectivity index (χ0v) is 6.70. The van der Waals surface area contributed by atoms with Crippen LogP contribution in [0, 0.1) is 17.2 Å². The number of hydrogen-bond acceptors (Lipinski definition) is 1. The molecular formula is C10H10FN. The number of halogens is 1. The third kappa shape index (κ3) is 2.35. The second-order valence-electron chi connectivity index (χ2n) is 2.67. The molecule has 0 fully saturated rings. The van der Waals surface area contributed by atoms with Crippen LogP contribution in [0.1, 0.15) is 5.56 Å². The van der Waals surface area contributed by atoms with E-state index >= 15 is 0 Å². The summed E-state index contributed by atoms with van der Waals surface area (Å²) < 4.78 is 12.1. The molecular weight excluding hydrogens is 153 g/mol. The zero-order valence-electron chi connectivity index (χ0n) is 6.70. The molecule has 0 spiro atoms. The topological polar surface area (TPSA) is 23.8 Å². The third-order valence-electron chi connectivity index (χ3n) is 1.69. The van der Waals surface area contributed by atoms with Crippen molar-refractivity contribution in [2.24, 2.45) is 5.92 Å². The number of alkyl halides is 1. The first-order valence-electron chi connectivity index (χ1n) is 3.86. The molecule has 0 saturated carbocycles. The fourth-order valence-electron chi connectivity index (χ4n) is 1.03. The SMILES string of the molecule is N#CC(CF)Cc1ccccc1. The molecule has 1 aromatic rings. The molecule has 1 aromatic carbocycles. The highest BCUT2D eigenvalue weighted by Crippen LogP contribution is 2.07. The van der Waals surface area contributed by atoms with Gasteiger partial charge in [0.2, 0.25) is 0 Å². The fraction of sp³-hybridized carbons (Fsp3) is 0.300. The van der Waals surface area contributed by atoms with Gasteiger partial charge in [-0.05, 0) is 12.0 Å². The van der Waals surface area contributed by atoms with Crippen molar-refractivity contribution in [3.8, 4) is 6.07 Å². The average molecular weight is 163 g/mol. The summed E-state index contributed by atoms with van der Waals surface area (Å²) in [5.74, 6) is -0.493. The monoisotopic (exact) mass is 163 g/mol. The van der Waals surface area contributed by atoms with E-state index in [2.05, 4.69) is 0 Å². The second kappa shape index (κ2) is 4.50. The zero-order chi connectivity index (χ0) is 8.81. The summed E-state index contributed by atoms with van der Waals surface area (Å²) in [6.45, 7) is -0.564. The number of benzene rings is 1. The van der Waals surface area contributed by atoms with Gasteiger partial charge in [0.05, 0.1) is 12.0 Å². The Labute approximate surface area is 71.4 Å². The summed E-state index contributed by atoms with van der Waals surface area (Å²) in [5.41, 5.74) is 1.02. The average Bonchev–Trinajstić information content (AvgIpc) is 2.16. The van der Waals surface area contributed by atoms with Crippen LogP contribution in [-0.4, -0.2) is 6.67 Å². The molecule has 0 aromatic heterocycles. The highest BCUT2D eigenvalue weighted by Gasteiger charge is 2.06. The van der Waals surface area contributed by atoms with E-state index in [9.17, 15) is 4.39 Å². The third-order valence-corrected chi connectivity index (χ3v) is 1.69. The predicted octanol–water partition coefficient (Wildman–Crippen LogP) is 2.34. The van der Waals surface area contributed by atoms with Crippen molar-refractivity contribution in [1.82, 2.24) is 0 Å². The van der Waals surface area contributed by atoms with Gasteiger partial charge in [-0.15, -0.1) is 0 Å². The predicted molar refractivity (Wildman–Crippen MR) is 45.2 cm³/mol. The summed E-state index contributed by atoms with van der Waals surface area (Å²) in [4.78, 5) is 0. The Morgan fingerprint density at radius 3 is 2.50 bits per heavy atom. The first-order valence-corrected chi connectivity index (χ1v) is 3.86. The van der Waals surface area contributed by atoms with Gasteiger partial charge in [-0.25, -0.2) is 4.39 Å². The van der Waals surface area contributed by atoms with E-state index < -0.39 is 12.6 Å². The number of nitrogens with zero attached hydrogens (tertiary/aromatic N) is 1. The van der Waals surface area contributed by atoms with E-state index in [1.807, 2.05) is 36.4 Å². The minimum Gasteiger partial charge on any atom is -0.250 e. The van der Waals surface area contributed by atoms with Gasteiger partial charge in [0.25, 0.3) is 0 Å². The molecule has 1 rings (SSSR count). The van der Waals surface area contributed by atoms with Crippen molar-refractivity contribution < 1.29 is 4.39 Å². The Kier molecular flexibility index (Phi) is 3.28. The molecule has 0 saturated heterocycles. The summed E-state index contributed by atoms with van der Waals surface area (Å²) in [7, 11) is 0. The highest BCUT2D eigenvalue weighted by molar-refractivity contribution is 5.16. The van der Waals surface area contributed by atoms with Crippen LogP contribution in [-0.2, 0) is 6.42 Å². The Bertz CT molecular complexity index is 263. The van der Waals surface area contributed by atoms with Crippen LogP contribution in [0.5, 0.6) is 0 Å². The number of rotatable bonds is 3. The molecule has 0 bridgehead atoms. The first-order chi connectivity index (χ1) is 5.86. The standard InChI is InChI=1S/C10H10FN/c11-7-10(8-12)6-9-4-2-1-3-5-9/h1-5,10H,6-7H2. The summed E-state index contributed by atoms with van der Waals surface area (Å²) >= 11 is 0. The Morgan fingerprint density at radius 1 is 1.33 bits per heavy atom. The molecule has 1 atom stereocenters. The van der Waals surface area contributed by atoms with Crippen molar-refractivity contribution >= 4 is 0 Å². The van der Waals surface area contributed by atoms with Crippen molar-refractivity contribution in [2.75, 3.05) is 6.67 Å². The molecule has 1 unspecified atom stereocenters. The molecule has 0 heterocycles. The largest absolute Gasteiger partial charge is 0.250 e. The number of nitriles is 1. The van der Waals surface area contributed by atoms with Crippen LogP contribution in [0.15, 0.2) is 30.3 Å². The highest BCUT2D eigenvalue weighted by atomic mass is 19.1. The number of hydrogen-bond donors (Lipinski definition) is 0. The molecule has 62 valence electrons. The maximum absolute atomic E-state index is 12.1. The molecule has 0 aliphatic carbocycles. The van der Waals surface area contributed by atoms with Crippen LogP contribution in [0.3, 0.4) is 0 Å². The maximum Gasteiger partial charge on any atom is 0.106 e. The van der Waals surface area contributed by atoms with Crippen LogP contribution in [0.4, 0.5) is 4.39 Å². The summed E-state index contributed by atoms with van der Waals surface area (Å²) in [5, 5.41) is 8.50. The van der Waals surface area contributed by atoms with E-state index in [1.54, 1.807) is 0 Å². The van der Waals surface area contributed by atoms with Crippen molar-refractivity contribution in [3.05, 3.63) is 35.9 Å². The van der Waals surface area contributed by atoms with E-state index in [4.69, 9.17) is 5.26 Å². The maximum atomic E-state index is 12.1. The van der Waals surface area contributed by atoms with E-state index in [0.29, 0.717) is 6.42 Å². The van der Waals surface area contributed by atoms with Gasteiger partial charge >= 0.3 is 0 Å². The molecule has 0 aliphatic heterocycles. The van der Waals surface area contributed by atoms with Crippen LogP contribution in [0.2, 0.25) is 0 Å². The minimum atomic E-state index is -0.564. The molecule has 0 radical (unpaired) electrons. The lowest BCUT2D eigenvalue weighted by Gasteiger charge is -2.02. The van der Waals surface area contributed by atoms with Gasteiger partial charge in [-0.2, -0.15) is 5.26 Å². The minimum absolute atomic E-state index is 0.493. The van der Waals surface area contributed by atoms with Crippen LogP contribution in [0.25, 0.3) is 0 Å². The Balaban J connectivity index is 2.58. The fourth-order valence-corrected chi connectivity index (χ4v) is 1.03. The van der Waals surface area contributed by atoms with Crippen molar-refractivity contribution in [3.63, 3.8) is 0 Å². The van der Waals surface area contributed by atoms with E-state index in [1.165, 1.54) is 0 Å². The van der Waals surface area contributed by atoms with Crippen molar-refractivity contribution in [1.29, 1.82) is 5.26 Å². The molecule has 12 heavy (non-hydrogen) atoms. The molecule has 2 heteroatoms. The smallest absolute Gasteiger partial charge is 0.106 e. The van der Waals surface area contributed by atoms with Gasteiger partial charge in [-0.1, -0.05) is 30.3 Å². The Hall–Kier alpha value is -1.36. The molecule has 0 amide bonds. The van der Waals surface area contributed by atoms with Gasteiger partial charge in [0.15, 0.2) is 0 Å². The molecule has 1 nitrogen and oxygen atoms in total. The normalized spacial score (nSPS) is 12.0. The Morgan fingerprint density at radius 2 is 2.00 bits per heavy atom.